The molecular formula is C8H11IN3OP. The third-order valence-electron chi connectivity index (χ3n) is 1.68. The van der Waals surface area contributed by atoms with Gasteiger partial charge in [0.15, 0.2) is 5.84 Å². The molecule has 14 heavy (non-hydrogen) atoms. The normalized spacial score (nSPS) is 12.3. The van der Waals surface area contributed by atoms with E-state index in [1.165, 1.54) is 0 Å². The molecule has 0 saturated heterocycles. The van der Waals surface area contributed by atoms with Crippen molar-refractivity contribution in [3.8, 4) is 0 Å². The van der Waals surface area contributed by atoms with Gasteiger partial charge in [-0.3, -0.25) is 0 Å². The van der Waals surface area contributed by atoms with E-state index in [0.717, 1.165) is 11.1 Å². The minimum absolute atomic E-state index is 0.0260. The van der Waals surface area contributed by atoms with Gasteiger partial charge in [0, 0.05) is 11.9 Å². The first-order valence-electron chi connectivity index (χ1n) is 3.91. The molecule has 1 rings (SSSR count). The molecule has 1 atom stereocenters. The van der Waals surface area contributed by atoms with E-state index in [0.29, 0.717) is 12.2 Å². The van der Waals surface area contributed by atoms with Gasteiger partial charge in [0.25, 0.3) is 0 Å². The van der Waals surface area contributed by atoms with Crippen molar-refractivity contribution in [2.45, 2.75) is 6.61 Å². The van der Waals surface area contributed by atoms with Crippen molar-refractivity contribution in [3.05, 3.63) is 35.4 Å². The Hall–Kier alpha value is -0.390. The first-order chi connectivity index (χ1) is 6.81. The predicted molar refractivity (Wildman–Crippen MR) is 68.6 cm³/mol. The average molecular weight is 323 g/mol. The number of nitrogens with two attached hydrogens (primary N) is 1. The van der Waals surface area contributed by atoms with Gasteiger partial charge in [-0.25, -0.2) is 0 Å². The highest BCUT2D eigenvalue weighted by Crippen LogP contribution is 2.16. The molecule has 0 bridgehead atoms. The van der Waals surface area contributed by atoms with E-state index in [-0.39, 0.29) is 6.61 Å². The Bertz CT molecular complexity index is 332. The Balaban J connectivity index is 2.93. The Morgan fingerprint density at radius 1 is 1.64 bits per heavy atom. The third kappa shape index (κ3) is 3.08. The van der Waals surface area contributed by atoms with Crippen LogP contribution in [0.5, 0.6) is 0 Å². The summed E-state index contributed by atoms with van der Waals surface area (Å²) in [4.78, 5) is 0. The Labute approximate surface area is 97.3 Å². The summed E-state index contributed by atoms with van der Waals surface area (Å²) in [6.45, 7) is 0.0260. The lowest BCUT2D eigenvalue weighted by Crippen LogP contribution is -2.17. The third-order valence-corrected chi connectivity index (χ3v) is 2.82. The molecule has 0 saturated carbocycles. The van der Waals surface area contributed by atoms with Crippen LogP contribution in [0.2, 0.25) is 0 Å². The van der Waals surface area contributed by atoms with Crippen LogP contribution in [-0.4, -0.2) is 10.9 Å². The summed E-state index contributed by atoms with van der Waals surface area (Å²) in [5.74, 6) is 5.89. The Morgan fingerprint density at radius 2 is 2.43 bits per heavy atom. The van der Waals surface area contributed by atoms with Gasteiger partial charge in [-0.05, 0) is 33.7 Å². The fourth-order valence-electron chi connectivity index (χ4n) is 1.04. The summed E-state index contributed by atoms with van der Waals surface area (Å²) < 4.78 is 0. The molecule has 0 fully saturated rings. The molecule has 0 spiro atoms. The second-order valence-electron chi connectivity index (χ2n) is 2.56. The molecule has 0 heterocycles. The number of nitrogens with one attached hydrogen (secondary N) is 1. The number of nitrogens with zero attached hydrogens (tertiary/aromatic N) is 1. The van der Waals surface area contributed by atoms with E-state index in [4.69, 9.17) is 10.9 Å². The molecule has 0 radical (unpaired) electrons. The molecule has 76 valence electrons. The Kier molecular flexibility index (Phi) is 5.14. The second kappa shape index (κ2) is 6.16. The smallest absolute Gasteiger partial charge is 0.156 e. The molecule has 4 N–H and O–H groups in total. The minimum Gasteiger partial charge on any atom is -0.392 e. The van der Waals surface area contributed by atoms with Crippen molar-refractivity contribution in [1.29, 1.82) is 0 Å². The standard InChI is InChI=1S/C8H11IN3OP/c9-14-12-8(11-10)7-3-1-2-6(4-7)5-13/h1-4,13-14H,5,10H2,(H,11,12). The fraction of sp³-hybridized carbons (Fsp3) is 0.125. The lowest BCUT2D eigenvalue weighted by molar-refractivity contribution is 0.282. The number of benzene rings is 1. The zero-order chi connectivity index (χ0) is 10.4. The Morgan fingerprint density at radius 3 is 3.00 bits per heavy atom. The van der Waals surface area contributed by atoms with Crippen LogP contribution in [0.3, 0.4) is 0 Å². The molecule has 0 aliphatic carbocycles. The van der Waals surface area contributed by atoms with E-state index in [2.05, 4.69) is 32.2 Å². The van der Waals surface area contributed by atoms with Gasteiger partial charge in [0.2, 0.25) is 0 Å². The SMILES string of the molecule is N/N=C(\NPI)c1cccc(CO)c1. The van der Waals surface area contributed by atoms with Crippen LogP contribution in [0.25, 0.3) is 0 Å². The van der Waals surface area contributed by atoms with Crippen LogP contribution in [0, 0.1) is 0 Å². The van der Waals surface area contributed by atoms with E-state index in [1.807, 2.05) is 24.3 Å². The van der Waals surface area contributed by atoms with Crippen LogP contribution in [0.15, 0.2) is 29.4 Å². The van der Waals surface area contributed by atoms with Crippen LogP contribution in [0.1, 0.15) is 11.1 Å². The monoisotopic (exact) mass is 323 g/mol. The quantitative estimate of drug-likeness (QED) is 0.196. The maximum atomic E-state index is 8.96. The number of hydrazone groups is 1. The zero-order valence-electron chi connectivity index (χ0n) is 7.37. The molecule has 0 aromatic heterocycles. The van der Waals surface area contributed by atoms with E-state index in [1.54, 1.807) is 0 Å². The summed E-state index contributed by atoms with van der Waals surface area (Å²) >= 11 is 2.20. The number of aliphatic hydroxyl groups excluding tert-OH is 1. The van der Waals surface area contributed by atoms with Crippen molar-refractivity contribution in [1.82, 2.24) is 5.09 Å². The summed E-state index contributed by atoms with van der Waals surface area (Å²) in [6, 6.07) is 7.47. The number of amidine groups is 1. The van der Waals surface area contributed by atoms with Crippen LogP contribution in [-0.2, 0) is 6.61 Å². The van der Waals surface area contributed by atoms with Crippen molar-refractivity contribution in [3.63, 3.8) is 0 Å². The van der Waals surface area contributed by atoms with E-state index >= 15 is 0 Å². The highest BCUT2D eigenvalue weighted by molar-refractivity contribution is 14.2. The van der Waals surface area contributed by atoms with Gasteiger partial charge in [-0.2, -0.15) is 5.10 Å². The minimum atomic E-state index is 0.0260. The fourth-order valence-corrected chi connectivity index (χ4v) is 2.11. The molecule has 1 unspecified atom stereocenters. The van der Waals surface area contributed by atoms with Crippen LogP contribution < -0.4 is 10.9 Å². The maximum Gasteiger partial charge on any atom is 0.156 e. The number of rotatable bonds is 3. The number of hydrogen-bond acceptors (Lipinski definition) is 3. The van der Waals surface area contributed by atoms with Crippen molar-refractivity contribution in [2.24, 2.45) is 10.9 Å². The maximum absolute atomic E-state index is 8.96. The van der Waals surface area contributed by atoms with Gasteiger partial charge < -0.3 is 16.0 Å². The van der Waals surface area contributed by atoms with Crippen LogP contribution in [0.4, 0.5) is 0 Å². The van der Waals surface area contributed by atoms with Crippen molar-refractivity contribution in [2.75, 3.05) is 0 Å². The first-order valence-corrected chi connectivity index (χ1v) is 8.03. The van der Waals surface area contributed by atoms with Crippen molar-refractivity contribution >= 4 is 34.3 Å². The molecule has 0 amide bonds. The van der Waals surface area contributed by atoms with Gasteiger partial charge in [0.1, 0.15) is 0 Å². The molecule has 0 aliphatic heterocycles. The highest BCUT2D eigenvalue weighted by Gasteiger charge is 2.02. The molecule has 4 nitrogen and oxygen atoms in total. The average Bonchev–Trinajstić information content (AvgIpc) is 2.26. The van der Waals surface area contributed by atoms with E-state index < -0.39 is 0 Å². The summed E-state index contributed by atoms with van der Waals surface area (Å²) in [5, 5.41) is 15.7. The molecular weight excluding hydrogens is 312 g/mol. The number of hydrogen-bond donors (Lipinski definition) is 3. The summed E-state index contributed by atoms with van der Waals surface area (Å²) in [7, 11) is 0. The highest BCUT2D eigenvalue weighted by atomic mass is 127. The van der Waals surface area contributed by atoms with Gasteiger partial charge >= 0.3 is 0 Å². The van der Waals surface area contributed by atoms with Crippen LogP contribution >= 0.6 is 28.4 Å². The van der Waals surface area contributed by atoms with Gasteiger partial charge in [0.05, 0.1) is 6.61 Å². The lowest BCUT2D eigenvalue weighted by atomic mass is 10.1. The molecule has 1 aromatic rings. The second-order valence-corrected chi connectivity index (χ2v) is 4.61. The zero-order valence-corrected chi connectivity index (χ0v) is 10.5. The number of aliphatic hydroxyl groups is 1. The lowest BCUT2D eigenvalue weighted by Gasteiger charge is -2.06. The predicted octanol–water partition coefficient (Wildman–Crippen LogP) is 1.33. The van der Waals surface area contributed by atoms with Gasteiger partial charge in [-0.1, -0.05) is 18.2 Å². The first kappa shape index (κ1) is 11.7. The largest absolute Gasteiger partial charge is 0.392 e. The summed E-state index contributed by atoms with van der Waals surface area (Å²) in [5.41, 5.74) is 1.74. The van der Waals surface area contributed by atoms with Crippen molar-refractivity contribution < 1.29 is 5.11 Å². The van der Waals surface area contributed by atoms with E-state index in [9.17, 15) is 0 Å². The topological polar surface area (TPSA) is 70.6 Å². The molecule has 0 aliphatic rings. The molecule has 6 heteroatoms. The molecule has 1 aromatic carbocycles. The number of halogens is 1. The summed E-state index contributed by atoms with van der Waals surface area (Å²) in [6.07, 6.45) is 0.515. The van der Waals surface area contributed by atoms with Gasteiger partial charge in [-0.15, -0.1) is 0 Å².